The first-order valence-electron chi connectivity index (χ1n) is 7.93. The number of nitrogens with zero attached hydrogens (tertiary/aromatic N) is 1. The van der Waals surface area contributed by atoms with Crippen molar-refractivity contribution in [3.8, 4) is 5.75 Å². The lowest BCUT2D eigenvalue weighted by Gasteiger charge is -2.23. The second kappa shape index (κ2) is 9.36. The molecule has 2 N–H and O–H groups in total. The van der Waals surface area contributed by atoms with E-state index >= 15 is 0 Å². The number of benzene rings is 1. The molecule has 9 heteroatoms. The van der Waals surface area contributed by atoms with Crippen LogP contribution in [0.15, 0.2) is 17.0 Å². The van der Waals surface area contributed by atoms with E-state index in [-0.39, 0.29) is 21.9 Å². The van der Waals surface area contributed by atoms with Crippen LogP contribution >= 0.6 is 0 Å². The van der Waals surface area contributed by atoms with Gasteiger partial charge in [0.15, 0.2) is 0 Å². The van der Waals surface area contributed by atoms with E-state index < -0.39 is 21.3 Å². The van der Waals surface area contributed by atoms with Crippen LogP contribution in [0.1, 0.15) is 45.1 Å². The second-order valence-corrected chi connectivity index (χ2v) is 8.17. The Bertz CT molecular complexity index is 669. The molecule has 0 heterocycles. The van der Waals surface area contributed by atoms with Gasteiger partial charge in [0, 0.05) is 30.0 Å². The zero-order chi connectivity index (χ0) is 18.3. The maximum atomic E-state index is 12.9. The van der Waals surface area contributed by atoms with Gasteiger partial charge in [-0.15, -0.1) is 0 Å². The summed E-state index contributed by atoms with van der Waals surface area (Å²) in [4.78, 5) is -0.275. The van der Waals surface area contributed by atoms with Gasteiger partial charge in [0.05, 0.1) is 0 Å². The number of aromatic hydroxyl groups is 1. The number of phenolic OH excluding ortho intramolecular Hbond substituents is 1. The molecular formula is C15H25N2O5S2-. The molecule has 0 radical (unpaired) electrons. The number of phenols is 1. The molecule has 0 saturated heterocycles. The minimum atomic E-state index is -3.91. The fourth-order valence-corrected chi connectivity index (χ4v) is 4.27. The molecule has 0 fully saturated rings. The number of hydrogen-bond donors (Lipinski definition) is 2. The van der Waals surface area contributed by atoms with Gasteiger partial charge in [-0.05, 0) is 37.5 Å². The van der Waals surface area contributed by atoms with Gasteiger partial charge in [0.2, 0.25) is 10.0 Å². The third kappa shape index (κ3) is 5.44. The quantitative estimate of drug-likeness (QED) is 0.481. The molecule has 1 aromatic carbocycles. The number of nitrogens with one attached hydrogen (secondary N) is 1. The van der Waals surface area contributed by atoms with Crippen LogP contribution in [-0.2, 0) is 21.3 Å². The molecule has 0 aromatic heterocycles. The average molecular weight is 378 g/mol. The fourth-order valence-electron chi connectivity index (χ4n) is 2.26. The van der Waals surface area contributed by atoms with Gasteiger partial charge in [-0.25, -0.2) is 8.42 Å². The summed E-state index contributed by atoms with van der Waals surface area (Å²) in [7, 11) is -3.91. The number of sulfonamides is 1. The predicted molar refractivity (Wildman–Crippen MR) is 94.0 cm³/mol. The maximum Gasteiger partial charge on any atom is 0.246 e. The summed E-state index contributed by atoms with van der Waals surface area (Å²) in [6, 6.07) is 2.53. The molecule has 1 aromatic rings. The van der Waals surface area contributed by atoms with E-state index in [1.54, 1.807) is 0 Å². The normalized spacial score (nSPS) is 13.2. The molecule has 0 bridgehead atoms. The Kier molecular flexibility index (Phi) is 8.14. The highest BCUT2D eigenvalue weighted by atomic mass is 32.2. The fraction of sp³-hybridized carbons (Fsp3) is 0.600. The lowest BCUT2D eigenvalue weighted by atomic mass is 10.2. The molecule has 1 unspecified atom stereocenters. The van der Waals surface area contributed by atoms with Gasteiger partial charge in [-0.2, -0.15) is 4.31 Å². The van der Waals surface area contributed by atoms with Crippen LogP contribution in [-0.4, -0.2) is 39.7 Å². The van der Waals surface area contributed by atoms with Crippen molar-refractivity contribution in [3.63, 3.8) is 0 Å². The first kappa shape index (κ1) is 20.9. The van der Waals surface area contributed by atoms with E-state index in [4.69, 9.17) is 0 Å². The van der Waals surface area contributed by atoms with Crippen molar-refractivity contribution in [3.05, 3.63) is 17.7 Å². The van der Waals surface area contributed by atoms with Crippen molar-refractivity contribution in [1.82, 2.24) is 4.31 Å². The van der Waals surface area contributed by atoms with Crippen molar-refractivity contribution in [2.75, 3.05) is 17.8 Å². The molecule has 7 nitrogen and oxygen atoms in total. The first-order chi connectivity index (χ1) is 11.2. The highest BCUT2D eigenvalue weighted by molar-refractivity contribution is 7.89. The summed E-state index contributed by atoms with van der Waals surface area (Å²) in [5.41, 5.74) is 0.387. The number of hydrogen-bond acceptors (Lipinski definition) is 5. The van der Waals surface area contributed by atoms with Crippen molar-refractivity contribution >= 4 is 27.0 Å². The van der Waals surface area contributed by atoms with Crippen molar-refractivity contribution in [2.45, 2.75) is 51.3 Å². The Morgan fingerprint density at radius 3 is 2.21 bits per heavy atom. The standard InChI is InChI=1S/C15H26N2O5S2/c1-4-6-8-17(9-7-5-2)24(21,22)14-11-13(16-23(19)20)10-12(3)15(14)18/h10-11,16,18H,4-9H2,1-3H3,(H,19,20)/p-1. The SMILES string of the molecule is CCCCN(CCCC)S(=O)(=O)c1cc(NS(=O)[O-])cc(C)c1O. The van der Waals surface area contributed by atoms with Crippen LogP contribution in [0.25, 0.3) is 0 Å². The molecule has 138 valence electrons. The zero-order valence-electron chi connectivity index (χ0n) is 14.2. The molecular weight excluding hydrogens is 352 g/mol. The van der Waals surface area contributed by atoms with E-state index in [1.165, 1.54) is 17.3 Å². The smallest absolute Gasteiger partial charge is 0.246 e. The molecule has 0 aliphatic heterocycles. The molecule has 1 atom stereocenters. The monoisotopic (exact) mass is 377 g/mol. The van der Waals surface area contributed by atoms with Crippen LogP contribution in [0, 0.1) is 6.92 Å². The Morgan fingerprint density at radius 1 is 1.21 bits per heavy atom. The molecule has 0 aliphatic carbocycles. The Hall–Kier alpha value is -1.16. The predicted octanol–water partition coefficient (Wildman–Crippen LogP) is 2.50. The second-order valence-electron chi connectivity index (χ2n) is 5.59. The number of rotatable bonds is 10. The van der Waals surface area contributed by atoms with Crippen molar-refractivity contribution in [2.24, 2.45) is 0 Å². The van der Waals surface area contributed by atoms with Crippen LogP contribution in [0.4, 0.5) is 5.69 Å². The van der Waals surface area contributed by atoms with Crippen LogP contribution < -0.4 is 4.72 Å². The van der Waals surface area contributed by atoms with E-state index in [1.807, 2.05) is 13.8 Å². The summed E-state index contributed by atoms with van der Waals surface area (Å²) >= 11 is -2.58. The first-order valence-corrected chi connectivity index (χ1v) is 10.4. The molecule has 0 spiro atoms. The third-order valence-corrected chi connectivity index (χ3v) is 5.92. The Balaban J connectivity index is 3.31. The van der Waals surface area contributed by atoms with Gasteiger partial charge in [0.25, 0.3) is 0 Å². The van der Waals surface area contributed by atoms with Crippen LogP contribution in [0.5, 0.6) is 5.75 Å². The van der Waals surface area contributed by atoms with Gasteiger partial charge in [0.1, 0.15) is 10.6 Å². The largest absolute Gasteiger partial charge is 0.755 e. The minimum absolute atomic E-state index is 0.100. The average Bonchev–Trinajstić information content (AvgIpc) is 2.49. The summed E-state index contributed by atoms with van der Waals surface area (Å²) < 4.78 is 51.0. The highest BCUT2D eigenvalue weighted by Gasteiger charge is 2.28. The summed E-state index contributed by atoms with van der Waals surface area (Å²) in [5, 5.41) is 10.2. The van der Waals surface area contributed by atoms with Crippen molar-refractivity contribution < 1.29 is 22.3 Å². The molecule has 0 saturated carbocycles. The lowest BCUT2D eigenvalue weighted by Crippen LogP contribution is -2.33. The van der Waals surface area contributed by atoms with E-state index in [0.717, 1.165) is 18.9 Å². The number of aryl methyl sites for hydroxylation is 1. The third-order valence-electron chi connectivity index (χ3n) is 3.61. The van der Waals surface area contributed by atoms with E-state index in [0.29, 0.717) is 25.9 Å². The summed E-state index contributed by atoms with van der Waals surface area (Å²) in [6.45, 7) is 6.20. The van der Waals surface area contributed by atoms with Crippen LogP contribution in [0.2, 0.25) is 0 Å². The molecule has 1 rings (SSSR count). The minimum Gasteiger partial charge on any atom is -0.755 e. The molecule has 24 heavy (non-hydrogen) atoms. The van der Waals surface area contributed by atoms with Gasteiger partial charge >= 0.3 is 0 Å². The summed E-state index contributed by atoms with van der Waals surface area (Å²) in [6.07, 6.45) is 3.12. The van der Waals surface area contributed by atoms with Crippen molar-refractivity contribution in [1.29, 1.82) is 0 Å². The van der Waals surface area contributed by atoms with Crippen LogP contribution in [0.3, 0.4) is 0 Å². The zero-order valence-corrected chi connectivity index (χ0v) is 15.9. The topological polar surface area (TPSA) is 110 Å². The molecule has 0 amide bonds. The maximum absolute atomic E-state index is 12.9. The van der Waals surface area contributed by atoms with E-state index in [9.17, 15) is 22.3 Å². The van der Waals surface area contributed by atoms with Gasteiger partial charge < -0.3 is 14.4 Å². The van der Waals surface area contributed by atoms with Gasteiger partial charge in [-0.1, -0.05) is 26.7 Å². The number of anilines is 1. The Morgan fingerprint density at radius 2 is 1.75 bits per heavy atom. The Labute approximate surface area is 146 Å². The number of unbranched alkanes of at least 4 members (excludes halogenated alkanes) is 2. The lowest BCUT2D eigenvalue weighted by molar-refractivity contribution is 0.389. The summed E-state index contributed by atoms with van der Waals surface area (Å²) in [5.74, 6) is -0.352. The molecule has 0 aliphatic rings. The van der Waals surface area contributed by atoms with E-state index in [2.05, 4.69) is 4.72 Å². The highest BCUT2D eigenvalue weighted by Crippen LogP contribution is 2.32. The van der Waals surface area contributed by atoms with Gasteiger partial charge in [-0.3, -0.25) is 4.21 Å².